The lowest BCUT2D eigenvalue weighted by Crippen LogP contribution is -2.10. The van der Waals surface area contributed by atoms with Gasteiger partial charge in [0.15, 0.2) is 0 Å². The summed E-state index contributed by atoms with van der Waals surface area (Å²) in [5, 5.41) is 3.59. The van der Waals surface area contributed by atoms with Crippen LogP contribution in [0.15, 0.2) is 255 Å². The third kappa shape index (κ3) is 6.74. The number of para-hydroxylation sites is 1. The lowest BCUT2D eigenvalue weighted by molar-refractivity contribution is 1.13. The van der Waals surface area contributed by atoms with E-state index in [1.807, 2.05) is 0 Å². The SMILES string of the molecule is c1ccc(-c2ccc(N(c3ccc(-c4ccccc4)cc3)c3cccc4c(-c5ccc6c(c5)c(-c5ccccc5)c(-c5ccccc5)n6-c5ccccc5)cccc34)cc2)cc1. The quantitative estimate of drug-likeness (QED) is 0.141. The smallest absolute Gasteiger partial charge is 0.0619 e. The van der Waals surface area contributed by atoms with Gasteiger partial charge in [-0.3, -0.25) is 0 Å². The van der Waals surface area contributed by atoms with E-state index >= 15 is 0 Å². The number of benzene rings is 10. The zero-order valence-electron chi connectivity index (χ0n) is 34.1. The van der Waals surface area contributed by atoms with Crippen molar-refractivity contribution >= 4 is 38.7 Å². The molecule has 2 heteroatoms. The van der Waals surface area contributed by atoms with Gasteiger partial charge < -0.3 is 9.47 Å². The first-order valence-electron chi connectivity index (χ1n) is 21.3. The average Bonchev–Trinajstić information content (AvgIpc) is 3.70. The minimum Gasteiger partial charge on any atom is -0.310 e. The highest BCUT2D eigenvalue weighted by Gasteiger charge is 2.23. The molecular formula is C60H42N2. The monoisotopic (exact) mass is 790 g/mol. The average molecular weight is 791 g/mol. The number of aromatic nitrogens is 1. The van der Waals surface area contributed by atoms with E-state index in [4.69, 9.17) is 0 Å². The van der Waals surface area contributed by atoms with E-state index in [1.54, 1.807) is 0 Å². The summed E-state index contributed by atoms with van der Waals surface area (Å²) in [7, 11) is 0. The second-order valence-electron chi connectivity index (χ2n) is 15.7. The zero-order valence-corrected chi connectivity index (χ0v) is 34.1. The second-order valence-corrected chi connectivity index (χ2v) is 15.7. The Balaban J connectivity index is 1.10. The summed E-state index contributed by atoms with van der Waals surface area (Å²) >= 11 is 0. The van der Waals surface area contributed by atoms with Crippen LogP contribution in [0.2, 0.25) is 0 Å². The molecule has 62 heavy (non-hydrogen) atoms. The molecule has 0 aliphatic heterocycles. The summed E-state index contributed by atoms with van der Waals surface area (Å²) in [6.45, 7) is 0. The van der Waals surface area contributed by atoms with Crippen LogP contribution >= 0.6 is 0 Å². The van der Waals surface area contributed by atoms with Gasteiger partial charge in [0.25, 0.3) is 0 Å². The van der Waals surface area contributed by atoms with Crippen LogP contribution in [0.4, 0.5) is 17.1 Å². The fraction of sp³-hybridized carbons (Fsp3) is 0. The highest BCUT2D eigenvalue weighted by Crippen LogP contribution is 2.46. The molecule has 0 bridgehead atoms. The number of anilines is 3. The minimum atomic E-state index is 1.10. The first kappa shape index (κ1) is 36.8. The van der Waals surface area contributed by atoms with Gasteiger partial charge in [-0.1, -0.05) is 200 Å². The van der Waals surface area contributed by atoms with Gasteiger partial charge in [0.1, 0.15) is 0 Å². The molecule has 0 saturated carbocycles. The largest absolute Gasteiger partial charge is 0.310 e. The lowest BCUT2D eigenvalue weighted by atomic mass is 9.93. The molecular weight excluding hydrogens is 749 g/mol. The van der Waals surface area contributed by atoms with Gasteiger partial charge in [0, 0.05) is 33.4 Å². The molecule has 1 heterocycles. The molecule has 0 spiro atoms. The Bertz CT molecular complexity index is 3200. The number of nitrogens with zero attached hydrogens (tertiary/aromatic N) is 2. The molecule has 0 fully saturated rings. The van der Waals surface area contributed by atoms with Crippen LogP contribution in [-0.2, 0) is 0 Å². The van der Waals surface area contributed by atoms with E-state index in [2.05, 4.69) is 264 Å². The van der Waals surface area contributed by atoms with Gasteiger partial charge in [-0.2, -0.15) is 0 Å². The van der Waals surface area contributed by atoms with E-state index in [1.165, 1.54) is 77.4 Å². The van der Waals surface area contributed by atoms with Crippen LogP contribution in [0.3, 0.4) is 0 Å². The molecule has 0 N–H and O–H groups in total. The van der Waals surface area contributed by atoms with Crippen molar-refractivity contribution in [3.8, 4) is 61.5 Å². The number of hydrogen-bond acceptors (Lipinski definition) is 1. The van der Waals surface area contributed by atoms with E-state index in [0.29, 0.717) is 0 Å². The van der Waals surface area contributed by atoms with Crippen LogP contribution < -0.4 is 4.90 Å². The van der Waals surface area contributed by atoms with Gasteiger partial charge >= 0.3 is 0 Å². The summed E-state index contributed by atoms with van der Waals surface area (Å²) in [6, 6.07) is 92.0. The normalized spacial score (nSPS) is 11.2. The van der Waals surface area contributed by atoms with Crippen molar-refractivity contribution in [2.75, 3.05) is 4.90 Å². The summed E-state index contributed by atoms with van der Waals surface area (Å²) in [5.74, 6) is 0. The Morgan fingerprint density at radius 2 is 0.742 bits per heavy atom. The molecule has 11 rings (SSSR count). The molecule has 0 aliphatic rings. The Morgan fingerprint density at radius 1 is 0.290 bits per heavy atom. The third-order valence-electron chi connectivity index (χ3n) is 12.0. The minimum absolute atomic E-state index is 1.10. The Labute approximate surface area is 362 Å². The van der Waals surface area contributed by atoms with Crippen LogP contribution in [0.5, 0.6) is 0 Å². The molecule has 0 atom stereocenters. The number of fused-ring (bicyclic) bond motifs is 2. The van der Waals surface area contributed by atoms with Crippen LogP contribution in [0.25, 0.3) is 83.1 Å². The summed E-state index contributed by atoms with van der Waals surface area (Å²) in [5.41, 5.74) is 17.5. The summed E-state index contributed by atoms with van der Waals surface area (Å²) in [4.78, 5) is 2.40. The first-order chi connectivity index (χ1) is 30.8. The number of hydrogen-bond donors (Lipinski definition) is 0. The lowest BCUT2D eigenvalue weighted by Gasteiger charge is -2.27. The predicted molar refractivity (Wildman–Crippen MR) is 263 cm³/mol. The first-order valence-corrected chi connectivity index (χ1v) is 21.3. The van der Waals surface area contributed by atoms with Crippen LogP contribution in [0.1, 0.15) is 0 Å². The third-order valence-corrected chi connectivity index (χ3v) is 12.0. The Morgan fingerprint density at radius 3 is 1.31 bits per heavy atom. The molecule has 10 aromatic carbocycles. The molecule has 0 amide bonds. The molecule has 0 radical (unpaired) electrons. The fourth-order valence-electron chi connectivity index (χ4n) is 9.10. The van der Waals surface area contributed by atoms with Gasteiger partial charge in [-0.25, -0.2) is 0 Å². The maximum atomic E-state index is 2.43. The Hall–Kier alpha value is -8.20. The van der Waals surface area contributed by atoms with Crippen molar-refractivity contribution in [1.82, 2.24) is 4.57 Å². The van der Waals surface area contributed by atoms with Crippen molar-refractivity contribution < 1.29 is 0 Å². The van der Waals surface area contributed by atoms with E-state index in [-0.39, 0.29) is 0 Å². The molecule has 1 aromatic heterocycles. The van der Waals surface area contributed by atoms with Crippen molar-refractivity contribution in [3.63, 3.8) is 0 Å². The summed E-state index contributed by atoms with van der Waals surface area (Å²) < 4.78 is 2.43. The standard InChI is InChI=1S/C60H42N2/c1-6-18-43(19-7-1)45-32-37-51(38-33-45)61(52-39-34-46(35-40-52)44-20-8-2-9-21-44)57-31-17-29-54-53(28-16-30-55(54)57)49-36-41-58-56(42-49)59(47-22-10-3-11-23-47)60(48-24-12-4-13-25-48)62(58)50-26-14-5-15-27-50/h1-42H. The van der Waals surface area contributed by atoms with Crippen molar-refractivity contribution in [2.45, 2.75) is 0 Å². The zero-order chi connectivity index (χ0) is 41.2. The maximum Gasteiger partial charge on any atom is 0.0619 e. The topological polar surface area (TPSA) is 8.17 Å². The highest BCUT2D eigenvalue weighted by molar-refractivity contribution is 6.10. The van der Waals surface area contributed by atoms with Crippen LogP contribution in [-0.4, -0.2) is 4.57 Å². The van der Waals surface area contributed by atoms with Crippen LogP contribution in [0, 0.1) is 0 Å². The van der Waals surface area contributed by atoms with Crippen molar-refractivity contribution in [2.24, 2.45) is 0 Å². The van der Waals surface area contributed by atoms with Gasteiger partial charge in [-0.15, -0.1) is 0 Å². The van der Waals surface area contributed by atoms with Gasteiger partial charge in [-0.05, 0) is 104 Å². The molecule has 11 aromatic rings. The molecule has 0 saturated heterocycles. The van der Waals surface area contributed by atoms with Gasteiger partial charge in [0.2, 0.25) is 0 Å². The molecule has 292 valence electrons. The maximum absolute atomic E-state index is 2.43. The molecule has 2 nitrogen and oxygen atoms in total. The molecule has 0 unspecified atom stereocenters. The molecule has 0 aliphatic carbocycles. The summed E-state index contributed by atoms with van der Waals surface area (Å²) in [6.07, 6.45) is 0. The predicted octanol–water partition coefficient (Wildman–Crippen LogP) is 16.6. The van der Waals surface area contributed by atoms with E-state index < -0.39 is 0 Å². The van der Waals surface area contributed by atoms with E-state index in [0.717, 1.165) is 22.7 Å². The second kappa shape index (κ2) is 16.1. The Kier molecular flexibility index (Phi) is 9.57. The highest BCUT2D eigenvalue weighted by atomic mass is 15.1. The van der Waals surface area contributed by atoms with Crippen molar-refractivity contribution in [1.29, 1.82) is 0 Å². The fourth-order valence-corrected chi connectivity index (χ4v) is 9.10. The van der Waals surface area contributed by atoms with Crippen molar-refractivity contribution in [3.05, 3.63) is 255 Å². The van der Waals surface area contributed by atoms with Gasteiger partial charge in [0.05, 0.1) is 16.9 Å². The van der Waals surface area contributed by atoms with E-state index in [9.17, 15) is 0 Å². The number of rotatable bonds is 9.